The maximum atomic E-state index is 14.0. The van der Waals surface area contributed by atoms with Crippen LogP contribution < -0.4 is 43.2 Å². The van der Waals surface area contributed by atoms with E-state index in [0.29, 0.717) is 67.6 Å². The number of anilines is 2. The van der Waals surface area contributed by atoms with Crippen LogP contribution >= 0.6 is 21.6 Å². The van der Waals surface area contributed by atoms with Gasteiger partial charge in [0.05, 0.1) is 91.0 Å². The van der Waals surface area contributed by atoms with Crippen LogP contribution in [0.25, 0.3) is 11.2 Å². The van der Waals surface area contributed by atoms with E-state index in [0.717, 1.165) is 64.2 Å². The normalized spacial score (nSPS) is 33.4. The molecule has 0 radical (unpaired) electrons. The van der Waals surface area contributed by atoms with Crippen molar-refractivity contribution < 1.29 is 77.2 Å². The number of carbonyl (C=O) groups excluding carboxylic acids is 5. The van der Waals surface area contributed by atoms with Gasteiger partial charge in [-0.1, -0.05) is 102 Å². The molecule has 602 valence electrons. The molecule has 3 aromatic rings. The second-order valence-corrected chi connectivity index (χ2v) is 35.5. The van der Waals surface area contributed by atoms with Crippen LogP contribution in [0.1, 0.15) is 214 Å². The predicted octanol–water partition coefficient (Wildman–Crippen LogP) is 8.25. The third-order valence-corrected chi connectivity index (χ3v) is 26.8. The summed E-state index contributed by atoms with van der Waals surface area (Å²) in [4.78, 5) is 107. The number of nitrogens with zero attached hydrogens (tertiary/aromatic N) is 3. The topological polar surface area (TPSA) is 397 Å². The Hall–Kier alpha value is -5.80. The number of aliphatic hydroxyl groups is 2. The lowest BCUT2D eigenvalue weighted by molar-refractivity contribution is -0.353. The number of ether oxygens (including phenoxy) is 7. The van der Waals surface area contributed by atoms with E-state index in [-0.39, 0.29) is 151 Å². The highest BCUT2D eigenvalue weighted by atomic mass is 33.1. The Morgan fingerprint density at radius 1 is 0.778 bits per heavy atom. The second kappa shape index (κ2) is 37.7. The molecule has 5 amide bonds. The van der Waals surface area contributed by atoms with E-state index in [4.69, 9.17) is 38.9 Å². The third-order valence-electron chi connectivity index (χ3n) is 24.2. The van der Waals surface area contributed by atoms with Crippen LogP contribution in [0.5, 0.6) is 0 Å². The molecular formula is C78H121N11O17S2. The smallest absolute Gasteiger partial charge is 0.326 e. The molecular weight excluding hydrogens is 1430 g/mol. The minimum atomic E-state index is -1.60. The molecule has 1 saturated carbocycles. The minimum Gasteiger partial charge on any atom is -0.480 e. The Bertz CT molecular complexity index is 3600. The maximum absolute atomic E-state index is 14.0. The Morgan fingerprint density at radius 3 is 2.27 bits per heavy atom. The van der Waals surface area contributed by atoms with Gasteiger partial charge in [-0.05, 0) is 139 Å². The van der Waals surface area contributed by atoms with Crippen LogP contribution in [0.15, 0.2) is 35.3 Å². The summed E-state index contributed by atoms with van der Waals surface area (Å²) in [6, 6.07) is 3.47. The van der Waals surface area contributed by atoms with Gasteiger partial charge in [0.15, 0.2) is 22.7 Å². The molecule has 8 heterocycles. The Morgan fingerprint density at radius 2 is 1.54 bits per heavy atom. The van der Waals surface area contributed by atoms with Crippen molar-refractivity contribution in [2.24, 2.45) is 47.3 Å². The summed E-state index contributed by atoms with van der Waals surface area (Å²) in [5, 5.41) is 49.0. The molecule has 3 unspecified atom stereocenters. The Balaban J connectivity index is 0.655. The number of nitrogen functional groups attached to an aromatic ring is 1. The average molecular weight is 1550 g/mol. The Kier molecular flexibility index (Phi) is 29.5. The van der Waals surface area contributed by atoms with Crippen LogP contribution in [0.4, 0.5) is 11.6 Å². The first-order valence-electron chi connectivity index (χ1n) is 39.6. The number of nitrogens with two attached hydrogens (primary N) is 1. The van der Waals surface area contributed by atoms with E-state index in [1.807, 2.05) is 20.8 Å². The zero-order valence-corrected chi connectivity index (χ0v) is 66.7. The van der Waals surface area contributed by atoms with Crippen LogP contribution in [0.2, 0.25) is 0 Å². The number of carboxylic acids is 1. The lowest BCUT2D eigenvalue weighted by atomic mass is 9.78. The monoisotopic (exact) mass is 1550 g/mol. The van der Waals surface area contributed by atoms with E-state index >= 15 is 0 Å². The first kappa shape index (κ1) is 84.6. The molecule has 2 aromatic heterocycles. The molecule has 30 heteroatoms. The van der Waals surface area contributed by atoms with E-state index < -0.39 is 76.6 Å². The van der Waals surface area contributed by atoms with Crippen molar-refractivity contribution in [2.75, 3.05) is 49.4 Å². The largest absolute Gasteiger partial charge is 0.480 e. The molecule has 1 aromatic carbocycles. The number of hydrogen-bond acceptors (Lipinski definition) is 23. The quantitative estimate of drug-likeness (QED) is 0.0198. The number of carbonyl (C=O) groups is 6. The zero-order valence-electron chi connectivity index (χ0n) is 65.0. The van der Waals surface area contributed by atoms with Gasteiger partial charge in [-0.15, -0.1) is 0 Å². The number of hydrogen-bond donors (Lipinski definition) is 11. The fourth-order valence-electron chi connectivity index (χ4n) is 18.0. The maximum Gasteiger partial charge on any atom is 0.326 e. The van der Waals surface area contributed by atoms with Gasteiger partial charge in [-0.3, -0.25) is 33.8 Å². The molecule has 12 N–H and O–H groups in total. The van der Waals surface area contributed by atoms with Gasteiger partial charge in [0.1, 0.15) is 12.1 Å². The summed E-state index contributed by atoms with van der Waals surface area (Å²) >= 11 is 0. The number of rotatable bonds is 34. The molecule has 7 fully saturated rings. The number of aromatic nitrogens is 4. The first-order valence-corrected chi connectivity index (χ1v) is 42.1. The number of aromatic amines is 1. The summed E-state index contributed by atoms with van der Waals surface area (Å²) in [5.74, 6) is -4.34. The first-order chi connectivity index (χ1) is 51.4. The number of H-pyrrole nitrogens is 1. The van der Waals surface area contributed by atoms with Gasteiger partial charge < -0.3 is 86.1 Å². The molecule has 0 bridgehead atoms. The van der Waals surface area contributed by atoms with Crippen molar-refractivity contribution in [1.29, 1.82) is 0 Å². The molecule has 1 aliphatic carbocycles. The summed E-state index contributed by atoms with van der Waals surface area (Å²) in [7, 11) is 4.87. The van der Waals surface area contributed by atoms with Crippen molar-refractivity contribution in [1.82, 2.24) is 46.5 Å². The summed E-state index contributed by atoms with van der Waals surface area (Å²) < 4.78 is 48.2. The average Bonchev–Trinajstić information content (AvgIpc) is 1.56. The van der Waals surface area contributed by atoms with Crippen LogP contribution in [-0.4, -0.2) is 199 Å². The molecule has 22 atom stereocenters. The third kappa shape index (κ3) is 21.1. The van der Waals surface area contributed by atoms with Crippen molar-refractivity contribution in [3.8, 4) is 0 Å². The van der Waals surface area contributed by atoms with Crippen molar-refractivity contribution in [3.05, 3.63) is 52.1 Å². The van der Waals surface area contributed by atoms with Gasteiger partial charge in [-0.25, -0.2) is 14.8 Å². The fourth-order valence-corrected chi connectivity index (χ4v) is 20.2. The molecule has 28 nitrogen and oxygen atoms in total. The lowest BCUT2D eigenvalue weighted by Crippen LogP contribution is -2.58. The molecule has 10 rings (SSSR count). The number of amides is 5. The lowest BCUT2D eigenvalue weighted by Gasteiger charge is -2.50. The second-order valence-electron chi connectivity index (χ2n) is 32.8. The molecule has 6 saturated heterocycles. The number of nitrogens with one attached hydrogen (secondary N) is 7. The summed E-state index contributed by atoms with van der Waals surface area (Å²) in [6.45, 7) is 21.4. The van der Waals surface area contributed by atoms with Gasteiger partial charge in [0, 0.05) is 92.4 Å². The van der Waals surface area contributed by atoms with Gasteiger partial charge in [0.25, 0.3) is 11.5 Å². The minimum absolute atomic E-state index is 0.0185. The van der Waals surface area contributed by atoms with Gasteiger partial charge >= 0.3 is 5.97 Å². The van der Waals surface area contributed by atoms with Crippen molar-refractivity contribution in [2.45, 2.75) is 294 Å². The van der Waals surface area contributed by atoms with E-state index in [1.165, 1.54) is 37.6 Å². The van der Waals surface area contributed by atoms with Crippen LogP contribution in [0, 0.1) is 47.3 Å². The van der Waals surface area contributed by atoms with Crippen molar-refractivity contribution >= 4 is 79.9 Å². The highest BCUT2D eigenvalue weighted by Gasteiger charge is 2.65. The number of methoxy groups -OCH3 is 1. The van der Waals surface area contributed by atoms with E-state index in [2.05, 4.69) is 100 Å². The van der Waals surface area contributed by atoms with Crippen LogP contribution in [-0.2, 0) is 63.7 Å². The fraction of sp³-hybridized carbons (Fsp3) is 0.769. The summed E-state index contributed by atoms with van der Waals surface area (Å²) in [6.07, 6.45) is 13.7. The number of benzene rings is 1. The number of carboxylic acid groups (broad SMARTS) is 1. The highest BCUT2D eigenvalue weighted by Crippen LogP contribution is 2.57. The number of aliphatic hydroxyl groups excluding tert-OH is 1. The zero-order chi connectivity index (χ0) is 77.8. The summed E-state index contributed by atoms with van der Waals surface area (Å²) in [5.41, 5.74) is 5.19. The van der Waals surface area contributed by atoms with Gasteiger partial charge in [-0.2, -0.15) is 4.98 Å². The molecule has 108 heavy (non-hydrogen) atoms. The predicted molar refractivity (Wildman–Crippen MR) is 411 cm³/mol. The molecule has 6 aliphatic heterocycles. The standard InChI is InChI=1S/C78H121N11O17S2/c1-43-19-25-55(36-56-37-59(100-11)50(8)78(103-56)47(5)38-76(10,106-78)61-29-30-75(9,104-61)67-45(3)35-60(102-67)66-44(2)34-46(4)77(99,42-90)105-66)101-65(43)49(7)69(93)81-32-33-107-108-41-48(6)84-71(95)57(18-15-31-80-62(91)27-20-51-16-13-12-14-17-51)86-63(92)28-26-58(73(97)98)87-70(94)52-21-23-53(24-22-52)82-39-54-40-83-68-64(85-54)72(96)89-74(79)88-68/h21-24,40,43-51,55-61,65-67,82,90,99H,12-20,25-39,41-42H2,1-11H3,(H,80,91)(H,81,93)(H,84,95)(H,86,92)(H,87,94)(H,97,98)(H3,79,83,88,89,96)/t43-,44-,45-,46+,47+,48+,49+,50+,55+,56+,57?,58-,59+,60+,61?,65?,66+,67+,75-,76+,77-,78+/m0/s1. The number of fused-ring (bicyclic) bond motifs is 1. The SMILES string of the molecule is CO[C@@H]1C[C@@H](C[C@H]2CC[C@H](C)C([C@@H](C)C(=O)NCCSSC[C@@H](C)NC(=O)C(CCCNC(=O)CCC3CCCCC3)NC(=O)CC[C@H](NC(=O)c3ccc(NCc4cnc5nc(N)[nH]c(=O)c5n4)cc3)C(=O)O)O2)O[C@]2(O[C@@](C)(C3CC[C@@](C)([C@@H]4O[C@@H]([C@@H]5O[C@@](O)(CO)[C@H](C)C[C@@H]5C)C[C@@H]4C)O3)C[C@H]2C)[C@@H]1C. The molecule has 1 spiro atoms. The number of aliphatic carboxylic acids is 1. The van der Waals surface area contributed by atoms with Gasteiger partial charge in [0.2, 0.25) is 29.6 Å². The van der Waals surface area contributed by atoms with Crippen LogP contribution in [0.3, 0.4) is 0 Å². The van der Waals surface area contributed by atoms with E-state index in [9.17, 15) is 48.9 Å². The van der Waals surface area contributed by atoms with E-state index in [1.54, 1.807) is 40.8 Å². The van der Waals surface area contributed by atoms with Crippen molar-refractivity contribution in [3.63, 3.8) is 0 Å². The Labute approximate surface area is 643 Å². The highest BCUT2D eigenvalue weighted by molar-refractivity contribution is 8.76. The molecule has 7 aliphatic rings.